The maximum atomic E-state index is 12.8. The van der Waals surface area contributed by atoms with Gasteiger partial charge in [0.1, 0.15) is 11.5 Å². The van der Waals surface area contributed by atoms with Crippen LogP contribution < -0.4 is 19.7 Å². The maximum Gasteiger partial charge on any atom is 0.265 e. The normalized spacial score (nSPS) is 12.8. The third-order valence-corrected chi connectivity index (χ3v) is 6.22. The van der Waals surface area contributed by atoms with Crippen LogP contribution in [0.1, 0.15) is 48.2 Å². The minimum Gasteiger partial charge on any atom is -0.485 e. The first-order valence-electron chi connectivity index (χ1n) is 12.6. The quantitative estimate of drug-likeness (QED) is 0.428. The molecular weight excluding hydrogens is 458 g/mol. The first kappa shape index (κ1) is 27.2. The largest absolute Gasteiger partial charge is 0.485 e. The molecule has 1 heterocycles. The molecule has 0 bridgehead atoms. The summed E-state index contributed by atoms with van der Waals surface area (Å²) < 4.78 is 11.3. The zero-order valence-corrected chi connectivity index (χ0v) is 21.8. The van der Waals surface area contributed by atoms with E-state index in [-0.39, 0.29) is 30.8 Å². The van der Waals surface area contributed by atoms with Crippen molar-refractivity contribution in [2.24, 2.45) is 0 Å². The fourth-order valence-electron chi connectivity index (χ4n) is 4.25. The van der Waals surface area contributed by atoms with Gasteiger partial charge in [-0.25, -0.2) is 0 Å². The van der Waals surface area contributed by atoms with Crippen LogP contribution in [0.25, 0.3) is 0 Å². The van der Waals surface area contributed by atoms with Crippen molar-refractivity contribution in [2.75, 3.05) is 50.8 Å². The third-order valence-electron chi connectivity index (χ3n) is 6.22. The second-order valence-corrected chi connectivity index (χ2v) is 9.03. The van der Waals surface area contributed by atoms with Gasteiger partial charge >= 0.3 is 0 Å². The second kappa shape index (κ2) is 13.1. The summed E-state index contributed by atoms with van der Waals surface area (Å²) in [5.74, 6) is 0.776. The van der Waals surface area contributed by atoms with Crippen molar-refractivity contribution < 1.29 is 23.9 Å². The molecule has 194 valence electrons. The van der Waals surface area contributed by atoms with Crippen LogP contribution in [0.5, 0.6) is 11.5 Å². The van der Waals surface area contributed by atoms with E-state index in [1.807, 2.05) is 32.0 Å². The summed E-state index contributed by atoms with van der Waals surface area (Å²) in [6.07, 6.45) is 0.830. The molecule has 2 aromatic carbocycles. The van der Waals surface area contributed by atoms with Crippen LogP contribution >= 0.6 is 0 Å². The van der Waals surface area contributed by atoms with Crippen molar-refractivity contribution in [1.29, 1.82) is 0 Å². The Morgan fingerprint density at radius 3 is 2.50 bits per heavy atom. The number of nitrogens with one attached hydrogen (secondary N) is 1. The molecule has 8 heteroatoms. The van der Waals surface area contributed by atoms with Crippen LogP contribution in [0, 0.1) is 13.8 Å². The molecule has 36 heavy (non-hydrogen) atoms. The predicted octanol–water partition coefficient (Wildman–Crippen LogP) is 3.53. The van der Waals surface area contributed by atoms with E-state index in [9.17, 15) is 14.4 Å². The zero-order chi connectivity index (χ0) is 26.1. The Morgan fingerprint density at radius 1 is 1.08 bits per heavy atom. The van der Waals surface area contributed by atoms with Gasteiger partial charge in [-0.3, -0.25) is 14.4 Å². The van der Waals surface area contributed by atoms with E-state index in [0.29, 0.717) is 48.7 Å². The van der Waals surface area contributed by atoms with Crippen molar-refractivity contribution in [3.8, 4) is 11.5 Å². The lowest BCUT2D eigenvalue weighted by Gasteiger charge is -2.29. The monoisotopic (exact) mass is 495 g/mol. The highest BCUT2D eigenvalue weighted by atomic mass is 16.5. The molecule has 0 saturated heterocycles. The number of Topliss-reactive ketones (excluding diaryl/α,β-unsaturated/α-hetero) is 1. The summed E-state index contributed by atoms with van der Waals surface area (Å²) in [7, 11) is 0. The van der Waals surface area contributed by atoms with E-state index < -0.39 is 0 Å². The number of carbonyl (C=O) groups excluding carboxylic acids is 3. The number of aryl methyl sites for hydroxylation is 2. The molecule has 2 amide bonds. The molecule has 0 radical (unpaired) electrons. The molecule has 0 aromatic heterocycles. The summed E-state index contributed by atoms with van der Waals surface area (Å²) in [5.41, 5.74) is 3.12. The summed E-state index contributed by atoms with van der Waals surface area (Å²) in [4.78, 5) is 41.5. The Labute approximate surface area is 213 Å². The average Bonchev–Trinajstić information content (AvgIpc) is 2.85. The standard InChI is InChI=1S/C28H37N3O5/c1-5-30(6-2)13-11-29-27(33)8-7-12-31-24-17-22(9-10-26(24)36-19-28(31)34)25(32)18-35-23-15-20(3)14-21(4)16-23/h9-10,14-17H,5-8,11-13,18-19H2,1-4H3,(H,29,33). The molecule has 0 spiro atoms. The zero-order valence-electron chi connectivity index (χ0n) is 21.8. The van der Waals surface area contributed by atoms with E-state index in [0.717, 1.165) is 30.8 Å². The van der Waals surface area contributed by atoms with Gasteiger partial charge in [-0.1, -0.05) is 19.9 Å². The highest BCUT2D eigenvalue weighted by molar-refractivity contribution is 6.02. The topological polar surface area (TPSA) is 88.2 Å². The molecular formula is C28H37N3O5. The highest BCUT2D eigenvalue weighted by Crippen LogP contribution is 2.33. The summed E-state index contributed by atoms with van der Waals surface area (Å²) in [6, 6.07) is 10.9. The number of benzene rings is 2. The van der Waals surface area contributed by atoms with Gasteiger partial charge in [0.05, 0.1) is 5.69 Å². The van der Waals surface area contributed by atoms with Crippen molar-refractivity contribution >= 4 is 23.3 Å². The van der Waals surface area contributed by atoms with Crippen LogP contribution in [0.3, 0.4) is 0 Å². The molecule has 0 saturated carbocycles. The Balaban J connectivity index is 1.57. The molecule has 8 nitrogen and oxygen atoms in total. The van der Waals surface area contributed by atoms with Crippen LogP contribution in [-0.2, 0) is 9.59 Å². The van der Waals surface area contributed by atoms with Gasteiger partial charge in [0.25, 0.3) is 5.91 Å². The molecule has 0 fully saturated rings. The maximum absolute atomic E-state index is 12.8. The smallest absolute Gasteiger partial charge is 0.265 e. The number of ketones is 1. The van der Waals surface area contributed by atoms with Crippen LogP contribution in [0.15, 0.2) is 36.4 Å². The first-order valence-corrected chi connectivity index (χ1v) is 12.6. The van der Waals surface area contributed by atoms with Crippen molar-refractivity contribution in [3.05, 3.63) is 53.1 Å². The lowest BCUT2D eigenvalue weighted by Crippen LogP contribution is -2.40. The minimum absolute atomic E-state index is 0.0319. The third kappa shape index (κ3) is 7.55. The van der Waals surface area contributed by atoms with Crippen molar-refractivity contribution in [3.63, 3.8) is 0 Å². The molecule has 1 aliphatic rings. The summed E-state index contributed by atoms with van der Waals surface area (Å²) >= 11 is 0. The van der Waals surface area contributed by atoms with Crippen molar-refractivity contribution in [1.82, 2.24) is 10.2 Å². The van der Waals surface area contributed by atoms with Gasteiger partial charge in [-0.15, -0.1) is 0 Å². The van der Waals surface area contributed by atoms with E-state index in [1.165, 1.54) is 0 Å². The fraction of sp³-hybridized carbons (Fsp3) is 0.464. The first-order chi connectivity index (χ1) is 17.3. The summed E-state index contributed by atoms with van der Waals surface area (Å²) in [6.45, 7) is 11.7. The number of nitrogens with zero attached hydrogens (tertiary/aromatic N) is 2. The van der Waals surface area contributed by atoms with E-state index in [2.05, 4.69) is 24.1 Å². The summed E-state index contributed by atoms with van der Waals surface area (Å²) in [5, 5.41) is 2.94. The van der Waals surface area contributed by atoms with Gasteiger partial charge in [0, 0.05) is 31.6 Å². The number of anilines is 1. The SMILES string of the molecule is CCN(CC)CCNC(=O)CCCN1C(=O)COc2ccc(C(=O)COc3cc(C)cc(C)c3)cc21. The Bertz CT molecular complexity index is 1060. The molecule has 2 aromatic rings. The fourth-order valence-corrected chi connectivity index (χ4v) is 4.25. The van der Waals surface area contributed by atoms with Crippen LogP contribution in [0.4, 0.5) is 5.69 Å². The van der Waals surface area contributed by atoms with E-state index in [4.69, 9.17) is 9.47 Å². The predicted molar refractivity (Wildman–Crippen MR) is 140 cm³/mol. The van der Waals surface area contributed by atoms with Gasteiger partial charge in [0.2, 0.25) is 5.91 Å². The van der Waals surface area contributed by atoms with Gasteiger partial charge in [-0.05, 0) is 74.8 Å². The van der Waals surface area contributed by atoms with Crippen molar-refractivity contribution in [2.45, 2.75) is 40.5 Å². The molecule has 1 N–H and O–H groups in total. The van der Waals surface area contributed by atoms with E-state index >= 15 is 0 Å². The molecule has 3 rings (SSSR count). The number of hydrogen-bond donors (Lipinski definition) is 1. The molecule has 0 unspecified atom stereocenters. The molecule has 0 aliphatic carbocycles. The number of carbonyl (C=O) groups is 3. The lowest BCUT2D eigenvalue weighted by atomic mass is 10.1. The Hall–Kier alpha value is -3.39. The number of ether oxygens (including phenoxy) is 2. The molecule has 1 aliphatic heterocycles. The highest BCUT2D eigenvalue weighted by Gasteiger charge is 2.26. The Kier molecular flexibility index (Phi) is 9.87. The molecule has 0 atom stereocenters. The Morgan fingerprint density at radius 2 is 1.81 bits per heavy atom. The van der Waals surface area contributed by atoms with Crippen LogP contribution in [0.2, 0.25) is 0 Å². The van der Waals surface area contributed by atoms with Gasteiger partial charge in [0.15, 0.2) is 19.0 Å². The number of likely N-dealkylation sites (N-methyl/N-ethyl adjacent to an activating group) is 1. The number of fused-ring (bicyclic) bond motifs is 1. The lowest BCUT2D eigenvalue weighted by molar-refractivity contribution is -0.122. The number of amides is 2. The van der Waals surface area contributed by atoms with Gasteiger partial charge in [-0.2, -0.15) is 0 Å². The average molecular weight is 496 g/mol. The van der Waals surface area contributed by atoms with Crippen LogP contribution in [-0.4, -0.2) is 68.4 Å². The number of rotatable bonds is 13. The van der Waals surface area contributed by atoms with Gasteiger partial charge < -0.3 is 24.6 Å². The minimum atomic E-state index is -0.194. The number of hydrogen-bond acceptors (Lipinski definition) is 6. The van der Waals surface area contributed by atoms with E-state index in [1.54, 1.807) is 23.1 Å². The second-order valence-electron chi connectivity index (χ2n) is 9.03.